The van der Waals surface area contributed by atoms with E-state index in [4.69, 9.17) is 0 Å². The summed E-state index contributed by atoms with van der Waals surface area (Å²) in [6.07, 6.45) is 36.7. The Morgan fingerprint density at radius 1 is 0.477 bits per heavy atom. The number of hydrogen-bond donors (Lipinski definition) is 1. The third kappa shape index (κ3) is 26.3. The second-order valence-corrected chi connectivity index (χ2v) is 13.8. The Balaban J connectivity index is 4.22. The zero-order valence-corrected chi connectivity index (χ0v) is 30.8. The maximum absolute atomic E-state index is 13.3. The summed E-state index contributed by atoms with van der Waals surface area (Å²) < 4.78 is 0. The van der Waals surface area contributed by atoms with Crippen LogP contribution >= 0.6 is 0 Å². The molecule has 0 saturated heterocycles. The van der Waals surface area contributed by atoms with E-state index in [0.717, 1.165) is 38.8 Å². The number of unbranched alkanes of at least 4 members (excludes halogenated alkanes) is 25. The van der Waals surface area contributed by atoms with Crippen LogP contribution in [0.3, 0.4) is 0 Å². The van der Waals surface area contributed by atoms with E-state index in [2.05, 4.69) is 37.9 Å². The van der Waals surface area contributed by atoms with E-state index in [1.807, 2.05) is 6.92 Å². The molecule has 0 aliphatic rings. The Hall–Kier alpha value is -0.900. The van der Waals surface area contributed by atoms with Gasteiger partial charge in [-0.05, 0) is 32.9 Å². The van der Waals surface area contributed by atoms with E-state index in [9.17, 15) is 9.59 Å². The van der Waals surface area contributed by atoms with Crippen LogP contribution in [0, 0.1) is 5.92 Å². The van der Waals surface area contributed by atoms with E-state index < -0.39 is 5.92 Å². The zero-order chi connectivity index (χ0) is 32.5. The molecule has 0 fully saturated rings. The fourth-order valence-corrected chi connectivity index (χ4v) is 6.64. The Bertz CT molecular complexity index is 618. The lowest BCUT2D eigenvalue weighted by atomic mass is 9.92. The van der Waals surface area contributed by atoms with E-state index in [-0.39, 0.29) is 17.9 Å². The number of Topliss-reactive ketones (excluding diaryl/α,β-unsaturated/α-hetero) is 1. The van der Waals surface area contributed by atoms with Gasteiger partial charge in [0.1, 0.15) is 5.78 Å². The van der Waals surface area contributed by atoms with Gasteiger partial charge in [-0.3, -0.25) is 14.5 Å². The van der Waals surface area contributed by atoms with Crippen molar-refractivity contribution >= 4 is 11.7 Å². The average molecular weight is 621 g/mol. The summed E-state index contributed by atoms with van der Waals surface area (Å²) in [4.78, 5) is 28.8. The topological polar surface area (TPSA) is 49.4 Å². The minimum absolute atomic E-state index is 0.0273. The predicted octanol–water partition coefficient (Wildman–Crippen LogP) is 12.3. The molecule has 0 aliphatic heterocycles. The molecule has 4 heteroatoms. The third-order valence-corrected chi connectivity index (χ3v) is 9.79. The van der Waals surface area contributed by atoms with Crippen molar-refractivity contribution in [3.8, 4) is 0 Å². The molecule has 0 aliphatic carbocycles. The Labute approximate surface area is 277 Å². The lowest BCUT2D eigenvalue weighted by molar-refractivity contribution is -0.135. The number of amides is 1. The molecule has 1 N–H and O–H groups in total. The molecule has 0 spiro atoms. The van der Waals surface area contributed by atoms with Gasteiger partial charge >= 0.3 is 0 Å². The lowest BCUT2D eigenvalue weighted by Gasteiger charge is -2.28. The first kappa shape index (κ1) is 43.1. The summed E-state index contributed by atoms with van der Waals surface area (Å²) in [5.41, 5.74) is 0. The van der Waals surface area contributed by atoms with E-state index in [1.54, 1.807) is 0 Å². The number of rotatable bonds is 35. The smallest absolute Gasteiger partial charge is 0.231 e. The molecule has 2 atom stereocenters. The molecule has 4 nitrogen and oxygen atoms in total. The van der Waals surface area contributed by atoms with Gasteiger partial charge in [-0.2, -0.15) is 0 Å². The molecule has 0 aromatic carbocycles. The molecule has 0 aromatic rings. The van der Waals surface area contributed by atoms with Gasteiger partial charge in [0.25, 0.3) is 0 Å². The van der Waals surface area contributed by atoms with Gasteiger partial charge in [-0.15, -0.1) is 0 Å². The molecule has 0 bridgehead atoms. The van der Waals surface area contributed by atoms with E-state index in [1.165, 1.54) is 148 Å². The quantitative estimate of drug-likeness (QED) is 0.0435. The minimum atomic E-state index is -0.470. The van der Waals surface area contributed by atoms with Gasteiger partial charge in [-0.1, -0.05) is 195 Å². The molecule has 2 unspecified atom stereocenters. The summed E-state index contributed by atoms with van der Waals surface area (Å²) in [6, 6.07) is 0. The highest BCUT2D eigenvalue weighted by Gasteiger charge is 2.27. The number of carbonyl (C=O) groups is 2. The highest BCUT2D eigenvalue weighted by molar-refractivity contribution is 6.01. The molecule has 1 amide bonds. The van der Waals surface area contributed by atoms with Gasteiger partial charge < -0.3 is 5.32 Å². The molecular weight excluding hydrogens is 540 g/mol. The summed E-state index contributed by atoms with van der Waals surface area (Å²) in [6.45, 7) is 12.6. The highest BCUT2D eigenvalue weighted by Crippen LogP contribution is 2.19. The van der Waals surface area contributed by atoms with Crippen LogP contribution < -0.4 is 5.32 Å². The molecule has 0 rings (SSSR count). The molecule has 0 heterocycles. The maximum atomic E-state index is 13.3. The fraction of sp³-hybridized carbons (Fsp3) is 0.950. The Morgan fingerprint density at radius 3 is 1.14 bits per heavy atom. The van der Waals surface area contributed by atoms with Gasteiger partial charge in [0.05, 0.1) is 12.1 Å². The van der Waals surface area contributed by atoms with Crippen molar-refractivity contribution in [2.75, 3.05) is 13.1 Å². The number of ketones is 1. The molecule has 0 aromatic heterocycles. The summed E-state index contributed by atoms with van der Waals surface area (Å²) >= 11 is 0. The van der Waals surface area contributed by atoms with Crippen LogP contribution in [0.5, 0.6) is 0 Å². The van der Waals surface area contributed by atoms with Crippen LogP contribution in [-0.2, 0) is 9.59 Å². The van der Waals surface area contributed by atoms with Crippen molar-refractivity contribution in [2.45, 2.75) is 227 Å². The van der Waals surface area contributed by atoms with Crippen LogP contribution in [0.4, 0.5) is 0 Å². The predicted molar refractivity (Wildman–Crippen MR) is 194 cm³/mol. The van der Waals surface area contributed by atoms with Crippen LogP contribution in [-0.4, -0.2) is 35.8 Å². The Kier molecular flexibility index (Phi) is 32.8. The van der Waals surface area contributed by atoms with E-state index >= 15 is 0 Å². The van der Waals surface area contributed by atoms with Crippen molar-refractivity contribution in [3.63, 3.8) is 0 Å². The second-order valence-electron chi connectivity index (χ2n) is 13.8. The standard InChI is InChI=1S/C40H80N2O2/c1-6-10-12-14-16-18-20-22-23-24-26-28-30-32-34-36-39(43)38(40(44)41-37(5)42(8-3)9-4)35-33-31-29-27-25-21-19-17-15-13-11-7-2/h37-38H,6-36H2,1-5H3,(H,41,44). The van der Waals surface area contributed by atoms with Crippen molar-refractivity contribution in [1.82, 2.24) is 10.2 Å². The molecule has 262 valence electrons. The first-order valence-corrected chi connectivity index (χ1v) is 20.1. The van der Waals surface area contributed by atoms with Crippen molar-refractivity contribution in [1.29, 1.82) is 0 Å². The molecule has 0 saturated carbocycles. The normalized spacial score (nSPS) is 13.0. The number of carbonyl (C=O) groups excluding carboxylic acids is 2. The summed E-state index contributed by atoms with van der Waals surface area (Å²) in [7, 11) is 0. The lowest BCUT2D eigenvalue weighted by Crippen LogP contribution is -2.49. The first-order chi connectivity index (χ1) is 21.5. The SMILES string of the molecule is CCCCCCCCCCCCCCCCCC(=O)C(CCCCCCCCCCCCCC)C(=O)NC(C)N(CC)CC. The molecule has 0 radical (unpaired) electrons. The highest BCUT2D eigenvalue weighted by atomic mass is 16.2. The average Bonchev–Trinajstić information content (AvgIpc) is 3.01. The van der Waals surface area contributed by atoms with Gasteiger partial charge in [0.15, 0.2) is 0 Å². The van der Waals surface area contributed by atoms with Crippen LogP contribution in [0.25, 0.3) is 0 Å². The van der Waals surface area contributed by atoms with Gasteiger partial charge in [0, 0.05) is 6.42 Å². The molecule has 44 heavy (non-hydrogen) atoms. The zero-order valence-electron chi connectivity index (χ0n) is 30.8. The van der Waals surface area contributed by atoms with Gasteiger partial charge in [-0.25, -0.2) is 0 Å². The Morgan fingerprint density at radius 2 is 0.795 bits per heavy atom. The fourth-order valence-electron chi connectivity index (χ4n) is 6.64. The summed E-state index contributed by atoms with van der Waals surface area (Å²) in [5, 5.41) is 3.18. The second kappa shape index (κ2) is 33.5. The minimum Gasteiger partial charge on any atom is -0.340 e. The van der Waals surface area contributed by atoms with Crippen molar-refractivity contribution in [3.05, 3.63) is 0 Å². The number of nitrogens with one attached hydrogen (secondary N) is 1. The first-order valence-electron chi connectivity index (χ1n) is 20.1. The largest absolute Gasteiger partial charge is 0.340 e. The van der Waals surface area contributed by atoms with Crippen LogP contribution in [0.1, 0.15) is 221 Å². The molecular formula is C40H80N2O2. The third-order valence-electron chi connectivity index (χ3n) is 9.79. The monoisotopic (exact) mass is 621 g/mol. The van der Waals surface area contributed by atoms with Crippen LogP contribution in [0.15, 0.2) is 0 Å². The number of hydrogen-bond acceptors (Lipinski definition) is 3. The van der Waals surface area contributed by atoms with Crippen molar-refractivity contribution < 1.29 is 9.59 Å². The van der Waals surface area contributed by atoms with E-state index in [0.29, 0.717) is 12.8 Å². The van der Waals surface area contributed by atoms with Crippen LogP contribution in [0.2, 0.25) is 0 Å². The summed E-state index contributed by atoms with van der Waals surface area (Å²) in [5.74, 6) is -0.340. The maximum Gasteiger partial charge on any atom is 0.231 e. The van der Waals surface area contributed by atoms with Gasteiger partial charge in [0.2, 0.25) is 5.91 Å². The van der Waals surface area contributed by atoms with Crippen molar-refractivity contribution in [2.24, 2.45) is 5.92 Å². The number of nitrogens with zero attached hydrogens (tertiary/aromatic N) is 1.